The normalized spacial score (nSPS) is 10.2. The maximum atomic E-state index is 12.3. The van der Waals surface area contributed by atoms with E-state index in [1.807, 2.05) is 30.3 Å². The predicted octanol–water partition coefficient (Wildman–Crippen LogP) is 2.00. The van der Waals surface area contributed by atoms with Crippen LogP contribution in [-0.2, 0) is 9.59 Å². The molecule has 0 bridgehead atoms. The first-order valence-electron chi connectivity index (χ1n) is 6.52. The molecule has 6 nitrogen and oxygen atoms in total. The number of amides is 2. The summed E-state index contributed by atoms with van der Waals surface area (Å²) in [5.41, 5.74) is 0.766. The molecule has 1 heterocycles. The second-order valence-corrected chi connectivity index (χ2v) is 4.69. The monoisotopic (exact) mass is 287 g/mol. The molecule has 0 radical (unpaired) electrons. The van der Waals surface area contributed by atoms with Crippen LogP contribution in [0.3, 0.4) is 0 Å². The van der Waals surface area contributed by atoms with Crippen molar-refractivity contribution in [2.24, 2.45) is 0 Å². The molecule has 21 heavy (non-hydrogen) atoms. The van der Waals surface area contributed by atoms with Crippen LogP contribution < -0.4 is 9.80 Å². The predicted molar refractivity (Wildman–Crippen MR) is 79.1 cm³/mol. The van der Waals surface area contributed by atoms with Crippen LogP contribution in [0.25, 0.3) is 0 Å². The standard InChI is InChI=1S/C15H17N3O3/c1-11-9-14(16-21-11)18(12(2)19)10-15(20)17(3)13-7-5-4-6-8-13/h4-9H,10H2,1-3H3. The van der Waals surface area contributed by atoms with Crippen LogP contribution in [0.5, 0.6) is 0 Å². The van der Waals surface area contributed by atoms with E-state index in [2.05, 4.69) is 5.16 Å². The summed E-state index contributed by atoms with van der Waals surface area (Å²) in [7, 11) is 1.67. The van der Waals surface area contributed by atoms with E-state index >= 15 is 0 Å². The number of hydrogen-bond donors (Lipinski definition) is 0. The van der Waals surface area contributed by atoms with Crippen LogP contribution in [0.2, 0.25) is 0 Å². The number of likely N-dealkylation sites (N-methyl/N-ethyl adjacent to an activating group) is 1. The zero-order valence-corrected chi connectivity index (χ0v) is 12.2. The molecule has 0 saturated heterocycles. The van der Waals surface area contributed by atoms with Gasteiger partial charge >= 0.3 is 0 Å². The van der Waals surface area contributed by atoms with Crippen molar-refractivity contribution >= 4 is 23.3 Å². The summed E-state index contributed by atoms with van der Waals surface area (Å²) in [5.74, 6) is 0.449. The molecule has 0 spiro atoms. The smallest absolute Gasteiger partial charge is 0.246 e. The summed E-state index contributed by atoms with van der Waals surface area (Å²) in [6.45, 7) is 3.03. The molecule has 6 heteroatoms. The summed E-state index contributed by atoms with van der Waals surface area (Å²) in [6, 6.07) is 10.9. The fourth-order valence-electron chi connectivity index (χ4n) is 1.87. The third-order valence-electron chi connectivity index (χ3n) is 3.08. The third kappa shape index (κ3) is 3.47. The summed E-state index contributed by atoms with van der Waals surface area (Å²) in [5, 5.41) is 3.78. The minimum atomic E-state index is -0.266. The molecule has 0 aliphatic rings. The molecule has 1 aromatic carbocycles. The summed E-state index contributed by atoms with van der Waals surface area (Å²) < 4.78 is 4.95. The van der Waals surface area contributed by atoms with E-state index in [0.717, 1.165) is 5.69 Å². The van der Waals surface area contributed by atoms with E-state index in [1.54, 1.807) is 20.0 Å². The number of carbonyl (C=O) groups excluding carboxylic acids is 2. The molecule has 0 atom stereocenters. The van der Waals surface area contributed by atoms with Crippen molar-refractivity contribution in [3.63, 3.8) is 0 Å². The van der Waals surface area contributed by atoms with Gasteiger partial charge in [0.25, 0.3) is 0 Å². The average molecular weight is 287 g/mol. The van der Waals surface area contributed by atoms with Crippen molar-refractivity contribution in [3.05, 3.63) is 42.2 Å². The van der Waals surface area contributed by atoms with Crippen molar-refractivity contribution in [2.75, 3.05) is 23.4 Å². The first kappa shape index (κ1) is 14.8. The van der Waals surface area contributed by atoms with Crippen LogP contribution in [-0.4, -0.2) is 30.6 Å². The van der Waals surface area contributed by atoms with Crippen LogP contribution in [0, 0.1) is 6.92 Å². The second kappa shape index (κ2) is 6.21. The highest BCUT2D eigenvalue weighted by Gasteiger charge is 2.21. The minimum Gasteiger partial charge on any atom is -0.360 e. The number of aryl methyl sites for hydroxylation is 1. The van der Waals surface area contributed by atoms with Gasteiger partial charge in [-0.3, -0.25) is 14.5 Å². The molecule has 0 unspecified atom stereocenters. The molecule has 2 aromatic rings. The lowest BCUT2D eigenvalue weighted by atomic mass is 10.3. The maximum Gasteiger partial charge on any atom is 0.246 e. The Kier molecular flexibility index (Phi) is 4.37. The Morgan fingerprint density at radius 1 is 1.24 bits per heavy atom. The van der Waals surface area contributed by atoms with Gasteiger partial charge in [0.15, 0.2) is 5.82 Å². The van der Waals surface area contributed by atoms with E-state index in [-0.39, 0.29) is 18.4 Å². The first-order valence-corrected chi connectivity index (χ1v) is 6.52. The molecule has 1 aromatic heterocycles. The number of carbonyl (C=O) groups is 2. The van der Waals surface area contributed by atoms with Gasteiger partial charge in [0.2, 0.25) is 11.8 Å². The van der Waals surface area contributed by atoms with Crippen molar-refractivity contribution in [3.8, 4) is 0 Å². The van der Waals surface area contributed by atoms with Crippen LogP contribution in [0.15, 0.2) is 40.9 Å². The molecule has 0 saturated carbocycles. The lowest BCUT2D eigenvalue weighted by Gasteiger charge is -2.22. The largest absolute Gasteiger partial charge is 0.360 e. The number of rotatable bonds is 4. The highest BCUT2D eigenvalue weighted by molar-refractivity contribution is 6.02. The number of benzene rings is 1. The van der Waals surface area contributed by atoms with E-state index in [4.69, 9.17) is 4.52 Å². The van der Waals surface area contributed by atoms with Crippen molar-refractivity contribution in [2.45, 2.75) is 13.8 Å². The van der Waals surface area contributed by atoms with Gasteiger partial charge in [-0.1, -0.05) is 23.4 Å². The highest BCUT2D eigenvalue weighted by atomic mass is 16.5. The topological polar surface area (TPSA) is 66.7 Å². The van der Waals surface area contributed by atoms with Crippen LogP contribution in [0.1, 0.15) is 12.7 Å². The molecular weight excluding hydrogens is 270 g/mol. The number of para-hydroxylation sites is 1. The number of aromatic nitrogens is 1. The average Bonchev–Trinajstić information content (AvgIpc) is 2.90. The molecule has 0 N–H and O–H groups in total. The van der Waals surface area contributed by atoms with E-state index in [0.29, 0.717) is 11.6 Å². The zero-order chi connectivity index (χ0) is 15.4. The number of nitrogens with zero attached hydrogens (tertiary/aromatic N) is 3. The van der Waals surface area contributed by atoms with Crippen LogP contribution in [0.4, 0.5) is 11.5 Å². The van der Waals surface area contributed by atoms with Gasteiger partial charge in [-0.15, -0.1) is 0 Å². The number of anilines is 2. The Bertz CT molecular complexity index is 637. The fraction of sp³-hybridized carbons (Fsp3) is 0.267. The maximum absolute atomic E-state index is 12.3. The number of hydrogen-bond acceptors (Lipinski definition) is 4. The Balaban J connectivity index is 2.14. The van der Waals surface area contributed by atoms with Gasteiger partial charge < -0.3 is 9.42 Å². The van der Waals surface area contributed by atoms with Crippen LogP contribution >= 0.6 is 0 Å². The Hall–Kier alpha value is -2.63. The molecule has 0 aliphatic carbocycles. The SMILES string of the molecule is CC(=O)N(CC(=O)N(C)c1ccccc1)c1cc(C)on1. The van der Waals surface area contributed by atoms with E-state index in [9.17, 15) is 9.59 Å². The van der Waals surface area contributed by atoms with Crippen molar-refractivity contribution < 1.29 is 14.1 Å². The van der Waals surface area contributed by atoms with Gasteiger partial charge in [-0.05, 0) is 19.1 Å². The Morgan fingerprint density at radius 2 is 1.90 bits per heavy atom. The summed E-state index contributed by atoms with van der Waals surface area (Å²) in [6.07, 6.45) is 0. The van der Waals surface area contributed by atoms with Gasteiger partial charge in [-0.25, -0.2) is 0 Å². The molecule has 2 rings (SSSR count). The first-order chi connectivity index (χ1) is 9.99. The molecule has 0 aliphatic heterocycles. The Labute approximate surface area is 122 Å². The second-order valence-electron chi connectivity index (χ2n) is 4.69. The zero-order valence-electron chi connectivity index (χ0n) is 12.2. The third-order valence-corrected chi connectivity index (χ3v) is 3.08. The molecular formula is C15H17N3O3. The lowest BCUT2D eigenvalue weighted by Crippen LogP contribution is -2.41. The van der Waals surface area contributed by atoms with Crippen molar-refractivity contribution in [1.29, 1.82) is 0 Å². The van der Waals surface area contributed by atoms with Gasteiger partial charge in [0, 0.05) is 25.7 Å². The molecule has 2 amide bonds. The van der Waals surface area contributed by atoms with Gasteiger partial charge in [0.05, 0.1) is 0 Å². The lowest BCUT2D eigenvalue weighted by molar-refractivity contribution is -0.121. The van der Waals surface area contributed by atoms with Gasteiger partial charge in [-0.2, -0.15) is 0 Å². The van der Waals surface area contributed by atoms with Gasteiger partial charge in [0.1, 0.15) is 12.3 Å². The molecule has 0 fully saturated rings. The molecule has 110 valence electrons. The van der Waals surface area contributed by atoms with E-state index < -0.39 is 0 Å². The quantitative estimate of drug-likeness (QED) is 0.862. The minimum absolute atomic E-state index is 0.0906. The Morgan fingerprint density at radius 3 is 2.43 bits per heavy atom. The summed E-state index contributed by atoms with van der Waals surface area (Å²) >= 11 is 0. The van der Waals surface area contributed by atoms with E-state index in [1.165, 1.54) is 16.7 Å². The summed E-state index contributed by atoms with van der Waals surface area (Å²) in [4.78, 5) is 26.8. The highest BCUT2D eigenvalue weighted by Crippen LogP contribution is 2.16. The fourth-order valence-corrected chi connectivity index (χ4v) is 1.87. The van der Waals surface area contributed by atoms with Crippen molar-refractivity contribution in [1.82, 2.24) is 5.16 Å².